The van der Waals surface area contributed by atoms with Gasteiger partial charge in [-0.3, -0.25) is 0 Å². The third-order valence-electron chi connectivity index (χ3n) is 11.6. The molecule has 0 atom stereocenters. The Bertz CT molecular complexity index is 2390. The van der Waals surface area contributed by atoms with E-state index in [-0.39, 0.29) is 17.7 Å². The van der Waals surface area contributed by atoms with E-state index in [1.165, 1.54) is 72.5 Å². The summed E-state index contributed by atoms with van der Waals surface area (Å²) in [4.78, 5) is 5.11. The molecule has 4 heteroatoms. The molecule has 0 saturated heterocycles. The molecule has 232 valence electrons. The summed E-state index contributed by atoms with van der Waals surface area (Å²) < 4.78 is 6.64. The molecule has 10 rings (SSSR count). The number of benzene rings is 6. The van der Waals surface area contributed by atoms with Crippen molar-refractivity contribution >= 4 is 46.2 Å². The van der Waals surface area contributed by atoms with Crippen LogP contribution >= 0.6 is 0 Å². The lowest BCUT2D eigenvalue weighted by atomic mass is 9.43. The predicted molar refractivity (Wildman–Crippen MR) is 200 cm³/mol. The number of fused-ring (bicyclic) bond motifs is 8. The van der Waals surface area contributed by atoms with Gasteiger partial charge in [-0.1, -0.05) is 100 Å². The van der Waals surface area contributed by atoms with Crippen molar-refractivity contribution in [3.8, 4) is 22.6 Å². The summed E-state index contributed by atoms with van der Waals surface area (Å²) in [6, 6.07) is 43.0. The number of hydrogen-bond donors (Lipinski definition) is 0. The van der Waals surface area contributed by atoms with E-state index in [1.807, 2.05) is 0 Å². The van der Waals surface area contributed by atoms with E-state index >= 15 is 0 Å². The number of anilines is 5. The van der Waals surface area contributed by atoms with Crippen LogP contribution in [0.1, 0.15) is 61.1 Å². The minimum Gasteiger partial charge on any atom is -0.453 e. The van der Waals surface area contributed by atoms with Crippen LogP contribution in [0.5, 0.6) is 11.5 Å². The average Bonchev–Trinajstić information content (AvgIpc) is 3.09. The quantitative estimate of drug-likeness (QED) is 0.170. The number of ether oxygens (including phenoxy) is 1. The molecule has 0 aromatic heterocycles. The summed E-state index contributed by atoms with van der Waals surface area (Å²) in [5.41, 5.74) is 19.1. The van der Waals surface area contributed by atoms with E-state index in [0.29, 0.717) is 0 Å². The van der Waals surface area contributed by atoms with Crippen LogP contribution in [-0.2, 0) is 10.8 Å². The highest BCUT2D eigenvalue weighted by Gasteiger charge is 2.49. The van der Waals surface area contributed by atoms with Gasteiger partial charge in [-0.2, -0.15) is 0 Å². The topological polar surface area (TPSA) is 15.7 Å². The molecule has 4 aliphatic rings. The van der Waals surface area contributed by atoms with Crippen LogP contribution in [0.2, 0.25) is 0 Å². The molecule has 0 amide bonds. The number of para-hydroxylation sites is 4. The second-order valence-corrected chi connectivity index (χ2v) is 15.1. The monoisotopic (exact) mass is 620 g/mol. The second-order valence-electron chi connectivity index (χ2n) is 15.1. The van der Waals surface area contributed by atoms with E-state index < -0.39 is 0 Å². The number of aryl methyl sites for hydroxylation is 2. The Labute approximate surface area is 283 Å². The molecule has 6 aromatic carbocycles. The molecule has 0 bridgehead atoms. The van der Waals surface area contributed by atoms with Gasteiger partial charge in [0, 0.05) is 33.5 Å². The Hall–Kier alpha value is -5.22. The highest BCUT2D eigenvalue weighted by Crippen LogP contribution is 2.57. The van der Waals surface area contributed by atoms with Crippen molar-refractivity contribution in [2.75, 3.05) is 9.71 Å². The lowest BCUT2D eigenvalue weighted by Crippen LogP contribution is -2.62. The first kappa shape index (κ1) is 27.9. The van der Waals surface area contributed by atoms with Crippen LogP contribution < -0.4 is 25.4 Å². The summed E-state index contributed by atoms with van der Waals surface area (Å²) in [6.45, 7) is 14.1. The van der Waals surface area contributed by atoms with Crippen molar-refractivity contribution in [2.45, 2.75) is 52.4 Å². The number of nitrogens with zero attached hydrogens (tertiary/aromatic N) is 2. The fourth-order valence-electron chi connectivity index (χ4n) is 9.34. The van der Waals surface area contributed by atoms with Crippen molar-refractivity contribution in [1.29, 1.82) is 0 Å². The summed E-state index contributed by atoms with van der Waals surface area (Å²) in [5, 5.41) is 0. The molecule has 0 radical (unpaired) electrons. The molecule has 0 fully saturated rings. The maximum Gasteiger partial charge on any atom is 0.333 e. The van der Waals surface area contributed by atoms with Crippen molar-refractivity contribution in [3.05, 3.63) is 149 Å². The Morgan fingerprint density at radius 2 is 1.19 bits per heavy atom. The fourth-order valence-corrected chi connectivity index (χ4v) is 9.34. The summed E-state index contributed by atoms with van der Waals surface area (Å²) in [6.07, 6.45) is 0. The SMILES string of the molecule is Cc1cc2c3c(c1)N1c4ccccc4Oc4cccc(c41)B3N(c1ccccc1C)c1cc3c(cc1-2)C(C)(C)c1ccccc1C3(C)C. The molecule has 3 aliphatic heterocycles. The van der Waals surface area contributed by atoms with Crippen LogP contribution in [0, 0.1) is 13.8 Å². The van der Waals surface area contributed by atoms with Gasteiger partial charge in [0.05, 0.1) is 11.4 Å². The van der Waals surface area contributed by atoms with E-state index in [9.17, 15) is 0 Å². The Morgan fingerprint density at radius 3 is 1.94 bits per heavy atom. The molecule has 3 nitrogen and oxygen atoms in total. The number of hydrogen-bond acceptors (Lipinski definition) is 3. The zero-order valence-electron chi connectivity index (χ0n) is 28.3. The van der Waals surface area contributed by atoms with Crippen LogP contribution in [-0.4, -0.2) is 6.85 Å². The molecule has 1 aliphatic carbocycles. The molecular weight excluding hydrogens is 583 g/mol. The molecule has 0 unspecified atom stereocenters. The van der Waals surface area contributed by atoms with E-state index in [2.05, 4.69) is 167 Å². The number of rotatable bonds is 1. The van der Waals surface area contributed by atoms with Gasteiger partial charge in [0.1, 0.15) is 0 Å². The van der Waals surface area contributed by atoms with Gasteiger partial charge >= 0.3 is 6.85 Å². The smallest absolute Gasteiger partial charge is 0.333 e. The van der Waals surface area contributed by atoms with Gasteiger partial charge in [0.15, 0.2) is 11.5 Å². The highest BCUT2D eigenvalue weighted by atomic mass is 16.5. The largest absolute Gasteiger partial charge is 0.453 e. The highest BCUT2D eigenvalue weighted by molar-refractivity contribution is 6.93. The van der Waals surface area contributed by atoms with Crippen molar-refractivity contribution in [1.82, 2.24) is 0 Å². The first-order valence-electron chi connectivity index (χ1n) is 17.1. The molecule has 0 spiro atoms. The van der Waals surface area contributed by atoms with E-state index in [4.69, 9.17) is 4.74 Å². The minimum absolute atomic E-state index is 0.0330. The Morgan fingerprint density at radius 1 is 0.542 bits per heavy atom. The second kappa shape index (κ2) is 9.23. The molecule has 0 saturated carbocycles. The normalized spacial score (nSPS) is 16.5. The zero-order valence-corrected chi connectivity index (χ0v) is 28.3. The van der Waals surface area contributed by atoms with Crippen LogP contribution in [0.15, 0.2) is 115 Å². The van der Waals surface area contributed by atoms with Gasteiger partial charge in [0.2, 0.25) is 0 Å². The fraction of sp³-hybridized carbons (Fsp3) is 0.182. The molecule has 48 heavy (non-hydrogen) atoms. The Balaban J connectivity index is 1.35. The van der Waals surface area contributed by atoms with E-state index in [1.54, 1.807) is 0 Å². The summed E-state index contributed by atoms with van der Waals surface area (Å²) in [5.74, 6) is 1.79. The lowest BCUT2D eigenvalue weighted by molar-refractivity contribution is 0.477. The minimum atomic E-state index is -0.154. The van der Waals surface area contributed by atoms with E-state index in [0.717, 1.165) is 22.9 Å². The third-order valence-corrected chi connectivity index (χ3v) is 11.6. The summed E-state index contributed by atoms with van der Waals surface area (Å²) in [7, 11) is 0. The van der Waals surface area contributed by atoms with Crippen LogP contribution in [0.25, 0.3) is 11.1 Å². The van der Waals surface area contributed by atoms with Gasteiger partial charge in [-0.15, -0.1) is 0 Å². The van der Waals surface area contributed by atoms with Gasteiger partial charge in [0.25, 0.3) is 0 Å². The first-order valence-corrected chi connectivity index (χ1v) is 17.1. The van der Waals surface area contributed by atoms with Crippen molar-refractivity contribution < 1.29 is 4.74 Å². The summed E-state index contributed by atoms with van der Waals surface area (Å²) >= 11 is 0. The van der Waals surface area contributed by atoms with Crippen molar-refractivity contribution in [3.63, 3.8) is 0 Å². The van der Waals surface area contributed by atoms with Crippen LogP contribution in [0.4, 0.5) is 28.4 Å². The first-order chi connectivity index (χ1) is 23.2. The standard InChI is InChI=1S/C44H37BN2O/c1-26-22-29-28-24-32-33(44(5,6)31-16-9-8-15-30(31)43(32,3)4)25-37(28)47(35-18-10-7-14-27(35)2)45-34-17-13-21-40-42(34)46(38(23-26)41(29)45)36-19-11-12-20-39(36)48-40/h7-25H,1-6H3. The van der Waals surface area contributed by atoms with Gasteiger partial charge < -0.3 is 14.4 Å². The predicted octanol–water partition coefficient (Wildman–Crippen LogP) is 10.1. The molecular formula is C44H37BN2O. The third kappa shape index (κ3) is 3.40. The lowest BCUT2D eigenvalue weighted by Gasteiger charge is -2.49. The molecule has 0 N–H and O–H groups in total. The Kier molecular flexibility index (Phi) is 5.36. The molecule has 6 aromatic rings. The molecule has 3 heterocycles. The van der Waals surface area contributed by atoms with Gasteiger partial charge in [-0.25, -0.2) is 0 Å². The zero-order chi connectivity index (χ0) is 32.7. The maximum absolute atomic E-state index is 6.64. The maximum atomic E-state index is 6.64. The van der Waals surface area contributed by atoms with Crippen LogP contribution in [0.3, 0.4) is 0 Å². The average molecular weight is 621 g/mol. The van der Waals surface area contributed by atoms with Crippen molar-refractivity contribution in [2.24, 2.45) is 0 Å². The van der Waals surface area contributed by atoms with Gasteiger partial charge in [-0.05, 0) is 106 Å².